The first kappa shape index (κ1) is 17.7. The van der Waals surface area contributed by atoms with Gasteiger partial charge in [-0.3, -0.25) is 14.7 Å². The molecular weight excluding hydrogens is 358 g/mol. The van der Waals surface area contributed by atoms with Crippen LogP contribution in [0.1, 0.15) is 17.8 Å². The molecule has 0 bridgehead atoms. The van der Waals surface area contributed by atoms with Gasteiger partial charge in [-0.15, -0.1) is 0 Å². The van der Waals surface area contributed by atoms with Crippen molar-refractivity contribution >= 4 is 23.2 Å². The molecule has 0 saturated heterocycles. The van der Waals surface area contributed by atoms with E-state index in [4.69, 9.17) is 4.74 Å². The Morgan fingerprint density at radius 1 is 1.21 bits per heavy atom. The molecule has 1 aliphatic heterocycles. The molecule has 3 aromatic rings. The molecule has 0 spiro atoms. The Labute approximate surface area is 161 Å². The number of hydrogen-bond acceptors (Lipinski definition) is 5. The van der Waals surface area contributed by atoms with Crippen LogP contribution in [-0.2, 0) is 16.0 Å². The molecule has 0 atom stereocenters. The van der Waals surface area contributed by atoms with Crippen LogP contribution in [0.15, 0.2) is 42.5 Å². The van der Waals surface area contributed by atoms with Gasteiger partial charge in [0.05, 0.1) is 0 Å². The average Bonchev–Trinajstić information content (AvgIpc) is 3.13. The Balaban J connectivity index is 1.37. The summed E-state index contributed by atoms with van der Waals surface area (Å²) >= 11 is 0. The number of hydrogen-bond donors (Lipinski definition) is 3. The molecule has 8 heteroatoms. The number of nitrogens with one attached hydrogen (secondary N) is 3. The SMILES string of the molecule is Cc1nc(-c2cccc(NC(=O)COc3ccc4c(c3)CCC(=O)N4)c2)n[nH]1. The summed E-state index contributed by atoms with van der Waals surface area (Å²) in [6, 6.07) is 12.7. The Kier molecular flexibility index (Phi) is 4.76. The molecule has 28 heavy (non-hydrogen) atoms. The van der Waals surface area contributed by atoms with Crippen molar-refractivity contribution in [1.82, 2.24) is 15.2 Å². The molecule has 3 N–H and O–H groups in total. The number of H-pyrrole nitrogens is 1. The van der Waals surface area contributed by atoms with Crippen molar-refractivity contribution in [3.63, 3.8) is 0 Å². The van der Waals surface area contributed by atoms with Crippen LogP contribution < -0.4 is 15.4 Å². The molecule has 2 heterocycles. The highest BCUT2D eigenvalue weighted by Gasteiger charge is 2.15. The van der Waals surface area contributed by atoms with Crippen molar-refractivity contribution in [2.45, 2.75) is 19.8 Å². The molecular formula is C20H19N5O3. The van der Waals surface area contributed by atoms with Crippen LogP contribution in [0.25, 0.3) is 11.4 Å². The fourth-order valence-corrected chi connectivity index (χ4v) is 3.00. The number of nitrogens with zero attached hydrogens (tertiary/aromatic N) is 2. The molecule has 2 amide bonds. The highest BCUT2D eigenvalue weighted by Crippen LogP contribution is 2.27. The van der Waals surface area contributed by atoms with Crippen molar-refractivity contribution in [2.75, 3.05) is 17.2 Å². The largest absolute Gasteiger partial charge is 0.484 e. The minimum atomic E-state index is -0.269. The molecule has 1 aliphatic rings. The molecule has 0 radical (unpaired) electrons. The molecule has 0 saturated carbocycles. The van der Waals surface area contributed by atoms with Crippen LogP contribution in [0, 0.1) is 6.92 Å². The second kappa shape index (κ2) is 7.51. The lowest BCUT2D eigenvalue weighted by Gasteiger charge is -2.17. The fourth-order valence-electron chi connectivity index (χ4n) is 3.00. The minimum Gasteiger partial charge on any atom is -0.484 e. The van der Waals surface area contributed by atoms with Gasteiger partial charge in [0.2, 0.25) is 5.91 Å². The molecule has 8 nitrogen and oxygen atoms in total. The summed E-state index contributed by atoms with van der Waals surface area (Å²) in [6.07, 6.45) is 1.12. The number of aryl methyl sites for hydroxylation is 2. The Morgan fingerprint density at radius 3 is 2.93 bits per heavy atom. The van der Waals surface area contributed by atoms with Crippen molar-refractivity contribution in [3.05, 3.63) is 53.9 Å². The van der Waals surface area contributed by atoms with E-state index in [1.54, 1.807) is 18.2 Å². The number of carbonyl (C=O) groups is 2. The maximum Gasteiger partial charge on any atom is 0.262 e. The number of benzene rings is 2. The summed E-state index contributed by atoms with van der Waals surface area (Å²) < 4.78 is 5.60. The fraction of sp³-hybridized carbons (Fsp3) is 0.200. The number of aromatic nitrogens is 3. The van der Waals surface area contributed by atoms with Crippen LogP contribution in [-0.4, -0.2) is 33.6 Å². The third-order valence-corrected chi connectivity index (χ3v) is 4.34. The van der Waals surface area contributed by atoms with Crippen molar-refractivity contribution in [2.24, 2.45) is 0 Å². The van der Waals surface area contributed by atoms with Gasteiger partial charge in [-0.05, 0) is 49.2 Å². The van der Waals surface area contributed by atoms with Crippen LogP contribution in [0.5, 0.6) is 5.75 Å². The van der Waals surface area contributed by atoms with Crippen molar-refractivity contribution < 1.29 is 14.3 Å². The predicted octanol–water partition coefficient (Wildman–Crippen LogP) is 2.68. The monoisotopic (exact) mass is 377 g/mol. The molecule has 2 aromatic carbocycles. The van der Waals surface area contributed by atoms with Gasteiger partial charge in [-0.2, -0.15) is 5.10 Å². The van der Waals surface area contributed by atoms with Gasteiger partial charge in [-0.1, -0.05) is 12.1 Å². The number of amides is 2. The zero-order valence-corrected chi connectivity index (χ0v) is 15.3. The predicted molar refractivity (Wildman–Crippen MR) is 104 cm³/mol. The number of fused-ring (bicyclic) bond motifs is 1. The molecule has 0 aliphatic carbocycles. The highest BCUT2D eigenvalue weighted by atomic mass is 16.5. The lowest BCUT2D eigenvalue weighted by Crippen LogP contribution is -2.21. The van der Waals surface area contributed by atoms with E-state index in [1.165, 1.54) is 0 Å². The Hall–Kier alpha value is -3.68. The quantitative estimate of drug-likeness (QED) is 0.633. The summed E-state index contributed by atoms with van der Waals surface area (Å²) in [5.74, 6) is 1.64. The van der Waals surface area contributed by atoms with Gasteiger partial charge in [0.25, 0.3) is 5.91 Å². The van der Waals surface area contributed by atoms with Crippen molar-refractivity contribution in [1.29, 1.82) is 0 Å². The molecule has 1 aromatic heterocycles. The number of carbonyl (C=O) groups excluding carboxylic acids is 2. The van der Waals surface area contributed by atoms with Crippen LogP contribution >= 0.6 is 0 Å². The Bertz CT molecular complexity index is 1040. The van der Waals surface area contributed by atoms with E-state index >= 15 is 0 Å². The van der Waals surface area contributed by atoms with Crippen molar-refractivity contribution in [3.8, 4) is 17.1 Å². The van der Waals surface area contributed by atoms with E-state index in [2.05, 4.69) is 25.8 Å². The number of anilines is 2. The average molecular weight is 377 g/mol. The van der Waals surface area contributed by atoms with E-state index in [0.29, 0.717) is 30.1 Å². The second-order valence-electron chi connectivity index (χ2n) is 6.53. The van der Waals surface area contributed by atoms with Crippen LogP contribution in [0.4, 0.5) is 11.4 Å². The Morgan fingerprint density at radius 2 is 2.11 bits per heavy atom. The summed E-state index contributed by atoms with van der Waals surface area (Å²) in [4.78, 5) is 27.9. The maximum absolute atomic E-state index is 12.2. The van der Waals surface area contributed by atoms with Crippen LogP contribution in [0.3, 0.4) is 0 Å². The van der Waals surface area contributed by atoms with E-state index in [1.807, 2.05) is 31.2 Å². The van der Waals surface area contributed by atoms with Gasteiger partial charge < -0.3 is 15.4 Å². The highest BCUT2D eigenvalue weighted by molar-refractivity contribution is 5.94. The zero-order valence-electron chi connectivity index (χ0n) is 15.3. The van der Waals surface area contributed by atoms with Gasteiger partial charge in [0.15, 0.2) is 12.4 Å². The van der Waals surface area contributed by atoms with Gasteiger partial charge in [0, 0.05) is 23.4 Å². The molecule has 142 valence electrons. The van der Waals surface area contributed by atoms with E-state index in [0.717, 1.165) is 22.6 Å². The first-order valence-electron chi connectivity index (χ1n) is 8.92. The van der Waals surface area contributed by atoms with E-state index in [9.17, 15) is 9.59 Å². The van der Waals surface area contributed by atoms with Gasteiger partial charge in [0.1, 0.15) is 11.6 Å². The second-order valence-corrected chi connectivity index (χ2v) is 6.53. The number of rotatable bonds is 5. The zero-order chi connectivity index (χ0) is 19.5. The summed E-state index contributed by atoms with van der Waals surface area (Å²) in [5.41, 5.74) is 3.25. The van der Waals surface area contributed by atoms with E-state index < -0.39 is 0 Å². The number of ether oxygens (including phenoxy) is 1. The topological polar surface area (TPSA) is 109 Å². The summed E-state index contributed by atoms with van der Waals surface area (Å²) in [7, 11) is 0. The van der Waals surface area contributed by atoms with E-state index in [-0.39, 0.29) is 18.4 Å². The molecule has 0 unspecified atom stereocenters. The normalized spacial score (nSPS) is 12.8. The lowest BCUT2D eigenvalue weighted by atomic mass is 10.0. The standard InChI is InChI=1S/C20H19N5O3/c1-12-21-20(25-24-12)14-3-2-4-15(9-14)22-19(27)11-28-16-6-7-17-13(10-16)5-8-18(26)23-17/h2-4,6-7,9-10H,5,8,11H2,1H3,(H,22,27)(H,23,26)(H,21,24,25). The lowest BCUT2D eigenvalue weighted by molar-refractivity contribution is -0.118. The first-order valence-corrected chi connectivity index (χ1v) is 8.92. The van der Waals surface area contributed by atoms with Gasteiger partial charge in [-0.25, -0.2) is 4.98 Å². The maximum atomic E-state index is 12.2. The third kappa shape index (κ3) is 4.01. The molecule has 4 rings (SSSR count). The minimum absolute atomic E-state index is 0.0166. The van der Waals surface area contributed by atoms with Gasteiger partial charge >= 0.3 is 0 Å². The van der Waals surface area contributed by atoms with Crippen LogP contribution in [0.2, 0.25) is 0 Å². The molecule has 0 fully saturated rings. The third-order valence-electron chi connectivity index (χ3n) is 4.34. The number of aromatic amines is 1. The summed E-state index contributed by atoms with van der Waals surface area (Å²) in [6.45, 7) is 1.71. The smallest absolute Gasteiger partial charge is 0.262 e. The first-order chi connectivity index (χ1) is 13.6. The summed E-state index contributed by atoms with van der Waals surface area (Å²) in [5, 5.41) is 12.5.